The first kappa shape index (κ1) is 21.4. The third-order valence-corrected chi connectivity index (χ3v) is 6.57. The Morgan fingerprint density at radius 1 is 1.27 bits per heavy atom. The molecule has 26 heavy (non-hydrogen) atoms. The highest BCUT2D eigenvalue weighted by Gasteiger charge is 2.31. The second-order valence-electron chi connectivity index (χ2n) is 6.17. The van der Waals surface area contributed by atoms with Crippen molar-refractivity contribution in [1.29, 1.82) is 0 Å². The number of morpholine rings is 1. The molecule has 1 N–H and O–H groups in total. The van der Waals surface area contributed by atoms with Gasteiger partial charge < -0.3 is 15.0 Å². The molecule has 1 unspecified atom stereocenters. The molecule has 0 aliphatic carbocycles. The number of nitrogens with one attached hydrogen (secondary N) is 1. The molecule has 0 bridgehead atoms. The molecule has 1 amide bonds. The predicted octanol–water partition coefficient (Wildman–Crippen LogP) is 0.973. The lowest BCUT2D eigenvalue weighted by atomic mass is 10.1. The van der Waals surface area contributed by atoms with Crippen molar-refractivity contribution in [1.82, 2.24) is 14.5 Å². The summed E-state index contributed by atoms with van der Waals surface area (Å²) >= 11 is 5.90. The zero-order valence-electron chi connectivity index (χ0n) is 14.3. The molecule has 146 valence electrons. The highest BCUT2D eigenvalue weighted by molar-refractivity contribution is 7.89. The van der Waals surface area contributed by atoms with E-state index in [0.29, 0.717) is 37.7 Å². The Hall–Kier alpha value is -0.900. The number of sulfonamides is 1. The number of halogens is 2. The molecular formula is C16H23Cl2N3O4S. The van der Waals surface area contributed by atoms with Gasteiger partial charge in [-0.05, 0) is 18.2 Å². The molecule has 3 rings (SSSR count). The van der Waals surface area contributed by atoms with Crippen molar-refractivity contribution in [3.8, 4) is 0 Å². The zero-order chi connectivity index (χ0) is 17.9. The van der Waals surface area contributed by atoms with E-state index in [1.807, 2.05) is 0 Å². The molecular weight excluding hydrogens is 401 g/mol. The minimum absolute atomic E-state index is 0. The average molecular weight is 424 g/mol. The zero-order valence-corrected chi connectivity index (χ0v) is 16.7. The van der Waals surface area contributed by atoms with E-state index < -0.39 is 10.0 Å². The molecule has 2 heterocycles. The van der Waals surface area contributed by atoms with Crippen LogP contribution in [0.15, 0.2) is 29.2 Å². The van der Waals surface area contributed by atoms with Gasteiger partial charge in [0.1, 0.15) is 0 Å². The Morgan fingerprint density at radius 3 is 2.62 bits per heavy atom. The molecule has 2 aliphatic rings. The van der Waals surface area contributed by atoms with Crippen LogP contribution in [0, 0.1) is 0 Å². The molecule has 2 saturated heterocycles. The monoisotopic (exact) mass is 423 g/mol. The van der Waals surface area contributed by atoms with E-state index in [0.717, 1.165) is 6.54 Å². The Labute approximate surface area is 165 Å². The van der Waals surface area contributed by atoms with Crippen LogP contribution in [0.4, 0.5) is 0 Å². The summed E-state index contributed by atoms with van der Waals surface area (Å²) < 4.78 is 32.1. The maximum atomic E-state index is 12.7. The van der Waals surface area contributed by atoms with Crippen LogP contribution in [0.25, 0.3) is 0 Å². The summed E-state index contributed by atoms with van der Waals surface area (Å²) in [7, 11) is -3.58. The van der Waals surface area contributed by atoms with Crippen LogP contribution in [-0.4, -0.2) is 75.5 Å². The van der Waals surface area contributed by atoms with E-state index in [2.05, 4.69) is 5.32 Å². The summed E-state index contributed by atoms with van der Waals surface area (Å²) in [6.45, 7) is 3.33. The van der Waals surface area contributed by atoms with Gasteiger partial charge >= 0.3 is 0 Å². The number of carbonyl (C=O) groups is 1. The van der Waals surface area contributed by atoms with Gasteiger partial charge in [-0.3, -0.25) is 4.79 Å². The number of hydrogen-bond donors (Lipinski definition) is 1. The van der Waals surface area contributed by atoms with E-state index in [9.17, 15) is 13.2 Å². The second kappa shape index (κ2) is 9.34. The fraction of sp³-hybridized carbons (Fsp3) is 0.562. The van der Waals surface area contributed by atoms with Gasteiger partial charge in [-0.1, -0.05) is 17.7 Å². The fourth-order valence-corrected chi connectivity index (χ4v) is 4.77. The lowest BCUT2D eigenvalue weighted by Gasteiger charge is -2.35. The maximum absolute atomic E-state index is 12.7. The summed E-state index contributed by atoms with van der Waals surface area (Å²) in [5.74, 6) is 0.0304. The van der Waals surface area contributed by atoms with Gasteiger partial charge in [-0.15, -0.1) is 12.4 Å². The minimum Gasteiger partial charge on any atom is -0.378 e. The Kier molecular flexibility index (Phi) is 7.69. The van der Waals surface area contributed by atoms with E-state index in [4.69, 9.17) is 16.3 Å². The molecule has 2 fully saturated rings. The van der Waals surface area contributed by atoms with Crippen LogP contribution >= 0.6 is 24.0 Å². The first-order valence-electron chi connectivity index (χ1n) is 8.31. The lowest BCUT2D eigenvalue weighted by molar-refractivity contribution is -0.133. The van der Waals surface area contributed by atoms with Gasteiger partial charge in [-0.2, -0.15) is 4.31 Å². The topological polar surface area (TPSA) is 79.0 Å². The van der Waals surface area contributed by atoms with Crippen molar-refractivity contribution < 1.29 is 17.9 Å². The van der Waals surface area contributed by atoms with E-state index >= 15 is 0 Å². The van der Waals surface area contributed by atoms with Crippen LogP contribution in [0.3, 0.4) is 0 Å². The molecule has 0 saturated carbocycles. The van der Waals surface area contributed by atoms with Gasteiger partial charge in [-0.25, -0.2) is 8.42 Å². The van der Waals surface area contributed by atoms with E-state index in [1.165, 1.54) is 16.4 Å². The van der Waals surface area contributed by atoms with Crippen molar-refractivity contribution >= 4 is 39.9 Å². The largest absolute Gasteiger partial charge is 0.378 e. The van der Waals surface area contributed by atoms with Crippen LogP contribution in [0.2, 0.25) is 5.02 Å². The molecule has 0 aromatic heterocycles. The third kappa shape index (κ3) is 5.09. The van der Waals surface area contributed by atoms with Gasteiger partial charge in [0.2, 0.25) is 15.9 Å². The molecule has 2 aliphatic heterocycles. The number of carbonyl (C=O) groups excluding carboxylic acids is 1. The minimum atomic E-state index is -3.58. The van der Waals surface area contributed by atoms with Gasteiger partial charge in [0, 0.05) is 50.2 Å². The van der Waals surface area contributed by atoms with Crippen LogP contribution in [-0.2, 0) is 19.6 Å². The van der Waals surface area contributed by atoms with E-state index in [1.54, 1.807) is 17.0 Å². The Bertz CT molecular complexity index is 718. The molecule has 7 nitrogen and oxygen atoms in total. The molecule has 0 radical (unpaired) electrons. The predicted molar refractivity (Wildman–Crippen MR) is 101 cm³/mol. The van der Waals surface area contributed by atoms with Crippen LogP contribution < -0.4 is 5.32 Å². The molecule has 1 atom stereocenters. The number of hydrogen-bond acceptors (Lipinski definition) is 5. The SMILES string of the molecule is Cl.O=C(CC1COCCN1)N1CCN(S(=O)(=O)c2cccc(Cl)c2)CC1. The summed E-state index contributed by atoms with van der Waals surface area (Å²) in [5.41, 5.74) is 0. The molecule has 0 spiro atoms. The highest BCUT2D eigenvalue weighted by Crippen LogP contribution is 2.21. The average Bonchev–Trinajstić information content (AvgIpc) is 2.62. The van der Waals surface area contributed by atoms with E-state index in [-0.39, 0.29) is 42.3 Å². The maximum Gasteiger partial charge on any atom is 0.243 e. The van der Waals surface area contributed by atoms with Crippen molar-refractivity contribution in [3.05, 3.63) is 29.3 Å². The summed E-state index contributed by atoms with van der Waals surface area (Å²) in [5, 5.41) is 3.64. The molecule has 1 aromatic carbocycles. The standard InChI is InChI=1S/C16H22ClN3O4S.ClH/c17-13-2-1-3-15(10-13)25(22,23)20-7-5-19(6-8-20)16(21)11-14-12-24-9-4-18-14;/h1-3,10,14,18H,4-9,11-12H2;1H. The Morgan fingerprint density at radius 2 is 2.00 bits per heavy atom. The number of rotatable bonds is 4. The normalized spacial score (nSPS) is 21.9. The van der Waals surface area contributed by atoms with Gasteiger partial charge in [0.05, 0.1) is 18.1 Å². The summed E-state index contributed by atoms with van der Waals surface area (Å²) in [6.07, 6.45) is 0.376. The van der Waals surface area contributed by atoms with Gasteiger partial charge in [0.25, 0.3) is 0 Å². The van der Waals surface area contributed by atoms with Crippen molar-refractivity contribution in [2.45, 2.75) is 17.4 Å². The van der Waals surface area contributed by atoms with Crippen molar-refractivity contribution in [2.75, 3.05) is 45.9 Å². The molecule has 10 heteroatoms. The summed E-state index contributed by atoms with van der Waals surface area (Å²) in [6, 6.07) is 6.28. The highest BCUT2D eigenvalue weighted by atomic mass is 35.5. The number of nitrogens with zero attached hydrogens (tertiary/aromatic N) is 2. The first-order valence-corrected chi connectivity index (χ1v) is 10.1. The van der Waals surface area contributed by atoms with Crippen molar-refractivity contribution in [2.24, 2.45) is 0 Å². The van der Waals surface area contributed by atoms with Crippen LogP contribution in [0.1, 0.15) is 6.42 Å². The van der Waals surface area contributed by atoms with Crippen molar-refractivity contribution in [3.63, 3.8) is 0 Å². The molecule has 1 aromatic rings. The lowest BCUT2D eigenvalue weighted by Crippen LogP contribution is -2.52. The summed E-state index contributed by atoms with van der Waals surface area (Å²) in [4.78, 5) is 14.3. The first-order chi connectivity index (χ1) is 12.0. The third-order valence-electron chi connectivity index (χ3n) is 4.44. The number of amides is 1. The fourth-order valence-electron chi connectivity index (χ4n) is 3.05. The Balaban J connectivity index is 0.00000243. The smallest absolute Gasteiger partial charge is 0.243 e. The number of benzene rings is 1. The quantitative estimate of drug-likeness (QED) is 0.780. The van der Waals surface area contributed by atoms with Gasteiger partial charge in [0.15, 0.2) is 0 Å². The number of ether oxygens (including phenoxy) is 1. The van der Waals surface area contributed by atoms with Crippen LogP contribution in [0.5, 0.6) is 0 Å². The number of piperazine rings is 1. The second-order valence-corrected chi connectivity index (χ2v) is 8.55.